The van der Waals surface area contributed by atoms with Gasteiger partial charge in [0.1, 0.15) is 12.2 Å². The van der Waals surface area contributed by atoms with Crippen LogP contribution >= 0.6 is 0 Å². The van der Waals surface area contributed by atoms with Crippen LogP contribution in [0.4, 0.5) is 0 Å². The fourth-order valence-electron chi connectivity index (χ4n) is 3.36. The van der Waals surface area contributed by atoms with Crippen molar-refractivity contribution in [2.24, 2.45) is 0 Å². The lowest BCUT2D eigenvalue weighted by Gasteiger charge is -2.39. The van der Waals surface area contributed by atoms with Crippen molar-refractivity contribution >= 4 is 11.7 Å². The molecule has 0 bridgehead atoms. The van der Waals surface area contributed by atoms with Crippen molar-refractivity contribution < 1.29 is 24.2 Å². The van der Waals surface area contributed by atoms with Gasteiger partial charge in [-0.2, -0.15) is 0 Å². The number of benzene rings is 2. The van der Waals surface area contributed by atoms with Gasteiger partial charge in [-0.3, -0.25) is 9.59 Å². The van der Waals surface area contributed by atoms with E-state index in [2.05, 4.69) is 5.32 Å². The molecule has 0 aromatic heterocycles. The third-order valence-corrected chi connectivity index (χ3v) is 4.72. The first-order valence-corrected chi connectivity index (χ1v) is 9.33. The van der Waals surface area contributed by atoms with Gasteiger partial charge in [-0.1, -0.05) is 60.7 Å². The Hall–Kier alpha value is -2.54. The monoisotopic (exact) mass is 383 g/mol. The minimum absolute atomic E-state index is 0.0877. The minimum atomic E-state index is -1.02. The van der Waals surface area contributed by atoms with E-state index in [1.54, 1.807) is 0 Å². The molecule has 0 unspecified atom stereocenters. The van der Waals surface area contributed by atoms with Crippen molar-refractivity contribution in [2.45, 2.75) is 50.9 Å². The van der Waals surface area contributed by atoms with Crippen molar-refractivity contribution in [3.63, 3.8) is 0 Å². The Balaban J connectivity index is 1.77. The van der Waals surface area contributed by atoms with Crippen LogP contribution in [-0.4, -0.2) is 41.2 Å². The van der Waals surface area contributed by atoms with E-state index in [4.69, 9.17) is 9.47 Å². The summed E-state index contributed by atoms with van der Waals surface area (Å²) in [6.07, 6.45) is -2.77. The second-order valence-corrected chi connectivity index (χ2v) is 6.94. The zero-order chi connectivity index (χ0) is 19.9. The van der Waals surface area contributed by atoms with Gasteiger partial charge in [0.05, 0.1) is 25.4 Å². The lowest BCUT2D eigenvalue weighted by Crippen LogP contribution is -2.62. The maximum Gasteiger partial charge on any atom is 0.217 e. The van der Waals surface area contributed by atoms with E-state index in [0.29, 0.717) is 0 Å². The maximum absolute atomic E-state index is 12.6. The first-order valence-electron chi connectivity index (χ1n) is 9.33. The van der Waals surface area contributed by atoms with E-state index in [1.807, 2.05) is 60.7 Å². The predicted octanol–water partition coefficient (Wildman–Crippen LogP) is 2.00. The summed E-state index contributed by atoms with van der Waals surface area (Å²) in [5.41, 5.74) is 1.86. The van der Waals surface area contributed by atoms with Crippen LogP contribution in [0.1, 0.15) is 24.5 Å². The second kappa shape index (κ2) is 9.59. The van der Waals surface area contributed by atoms with Crippen molar-refractivity contribution in [1.82, 2.24) is 5.32 Å². The van der Waals surface area contributed by atoms with E-state index in [0.717, 1.165) is 11.1 Å². The molecule has 1 fully saturated rings. The molecule has 1 amide bonds. The normalized spacial score (nSPS) is 24.7. The number of aliphatic hydroxyl groups is 1. The molecule has 0 radical (unpaired) electrons. The highest BCUT2D eigenvalue weighted by molar-refractivity contribution is 5.86. The summed E-state index contributed by atoms with van der Waals surface area (Å²) >= 11 is 0. The third-order valence-electron chi connectivity index (χ3n) is 4.72. The first kappa shape index (κ1) is 20.2. The van der Waals surface area contributed by atoms with Crippen LogP contribution in [0.15, 0.2) is 60.7 Å². The Morgan fingerprint density at radius 3 is 2.07 bits per heavy atom. The molecule has 0 saturated heterocycles. The predicted molar refractivity (Wildman–Crippen MR) is 103 cm³/mol. The molecule has 28 heavy (non-hydrogen) atoms. The molecule has 2 aromatic rings. The summed E-state index contributed by atoms with van der Waals surface area (Å²) in [6, 6.07) is 18.3. The van der Waals surface area contributed by atoms with E-state index in [-0.39, 0.29) is 31.3 Å². The molecule has 0 spiro atoms. The zero-order valence-electron chi connectivity index (χ0n) is 15.8. The van der Waals surface area contributed by atoms with Gasteiger partial charge in [-0.25, -0.2) is 0 Å². The van der Waals surface area contributed by atoms with E-state index >= 15 is 0 Å². The summed E-state index contributed by atoms with van der Waals surface area (Å²) in [4.78, 5) is 24.2. The summed E-state index contributed by atoms with van der Waals surface area (Å²) in [7, 11) is 0. The SMILES string of the molecule is CC(=O)N[C@@H]1[C@@H](OCc2ccccc2)[C@H](OCc2ccccc2)C(=O)C[C@@H]1O. The Morgan fingerprint density at radius 1 is 1.00 bits per heavy atom. The fraction of sp³-hybridized carbons (Fsp3) is 0.364. The molecule has 1 saturated carbocycles. The van der Waals surface area contributed by atoms with Gasteiger partial charge < -0.3 is 19.9 Å². The fourth-order valence-corrected chi connectivity index (χ4v) is 3.36. The van der Waals surface area contributed by atoms with Crippen LogP contribution in [0, 0.1) is 0 Å². The average Bonchev–Trinajstić information content (AvgIpc) is 2.69. The van der Waals surface area contributed by atoms with Crippen LogP contribution < -0.4 is 5.32 Å². The number of amides is 1. The molecule has 6 heteroatoms. The number of Topliss-reactive ketones (excluding diaryl/α,β-unsaturated/α-hetero) is 1. The van der Waals surface area contributed by atoms with Crippen molar-refractivity contribution in [1.29, 1.82) is 0 Å². The standard InChI is InChI=1S/C22H25NO5/c1-15(24)23-20-18(25)12-19(26)21(27-13-16-8-4-2-5-9-16)22(20)28-14-17-10-6-3-7-11-17/h2-11,18,20-22,25H,12-14H2,1H3,(H,23,24)/t18-,20-,21+,22+/m0/s1. The van der Waals surface area contributed by atoms with E-state index < -0.39 is 24.4 Å². The highest BCUT2D eigenvalue weighted by Gasteiger charge is 2.45. The Kier molecular flexibility index (Phi) is 6.92. The summed E-state index contributed by atoms with van der Waals surface area (Å²) in [5.74, 6) is -0.531. The maximum atomic E-state index is 12.6. The molecule has 3 rings (SSSR count). The smallest absolute Gasteiger partial charge is 0.217 e. The van der Waals surface area contributed by atoms with E-state index in [1.165, 1.54) is 6.92 Å². The van der Waals surface area contributed by atoms with Crippen LogP contribution in [0.25, 0.3) is 0 Å². The van der Waals surface area contributed by atoms with Crippen molar-refractivity contribution in [2.75, 3.05) is 0 Å². The number of ether oxygens (including phenoxy) is 2. The van der Waals surface area contributed by atoms with Crippen molar-refractivity contribution in [3.8, 4) is 0 Å². The zero-order valence-corrected chi connectivity index (χ0v) is 15.8. The largest absolute Gasteiger partial charge is 0.390 e. The summed E-state index contributed by atoms with van der Waals surface area (Å²) < 4.78 is 11.9. The lowest BCUT2D eigenvalue weighted by molar-refractivity contribution is -0.167. The van der Waals surface area contributed by atoms with Gasteiger partial charge in [0.2, 0.25) is 5.91 Å². The van der Waals surface area contributed by atoms with Gasteiger partial charge in [0, 0.05) is 13.3 Å². The van der Waals surface area contributed by atoms with Gasteiger partial charge in [0.15, 0.2) is 5.78 Å². The molecule has 0 heterocycles. The number of hydrogen-bond acceptors (Lipinski definition) is 5. The molecule has 148 valence electrons. The quantitative estimate of drug-likeness (QED) is 0.764. The highest BCUT2D eigenvalue weighted by atomic mass is 16.5. The van der Waals surface area contributed by atoms with Gasteiger partial charge in [0.25, 0.3) is 0 Å². The molecule has 1 aliphatic rings. The van der Waals surface area contributed by atoms with Crippen LogP contribution in [0.5, 0.6) is 0 Å². The van der Waals surface area contributed by atoms with Crippen molar-refractivity contribution in [3.05, 3.63) is 71.8 Å². The number of ketones is 1. The molecule has 1 aliphatic carbocycles. The molecule has 2 N–H and O–H groups in total. The van der Waals surface area contributed by atoms with Crippen LogP contribution in [0.2, 0.25) is 0 Å². The molecule has 0 aliphatic heterocycles. The summed E-state index contributed by atoms with van der Waals surface area (Å²) in [6.45, 7) is 1.86. The Morgan fingerprint density at radius 2 is 1.54 bits per heavy atom. The molecule has 4 atom stereocenters. The van der Waals surface area contributed by atoms with Gasteiger partial charge in [-0.15, -0.1) is 0 Å². The molecular weight excluding hydrogens is 358 g/mol. The number of carbonyl (C=O) groups is 2. The minimum Gasteiger partial charge on any atom is -0.390 e. The molecular formula is C22H25NO5. The first-order chi connectivity index (χ1) is 13.5. The third kappa shape index (κ3) is 5.25. The molecule has 2 aromatic carbocycles. The highest BCUT2D eigenvalue weighted by Crippen LogP contribution is 2.25. The van der Waals surface area contributed by atoms with Gasteiger partial charge >= 0.3 is 0 Å². The Labute approximate surface area is 164 Å². The average molecular weight is 383 g/mol. The molecule has 6 nitrogen and oxygen atoms in total. The topological polar surface area (TPSA) is 84.9 Å². The number of rotatable bonds is 7. The number of carbonyl (C=O) groups excluding carboxylic acids is 2. The number of aliphatic hydroxyl groups excluding tert-OH is 1. The van der Waals surface area contributed by atoms with Crippen LogP contribution in [-0.2, 0) is 32.3 Å². The lowest BCUT2D eigenvalue weighted by atomic mass is 9.86. The Bertz CT molecular complexity index is 780. The van der Waals surface area contributed by atoms with Crippen LogP contribution in [0.3, 0.4) is 0 Å². The summed E-state index contributed by atoms with van der Waals surface area (Å²) in [5, 5.41) is 13.1. The number of hydrogen-bond donors (Lipinski definition) is 2. The second-order valence-electron chi connectivity index (χ2n) is 6.94. The number of nitrogens with one attached hydrogen (secondary N) is 1. The van der Waals surface area contributed by atoms with Gasteiger partial charge in [-0.05, 0) is 11.1 Å². The van der Waals surface area contributed by atoms with E-state index in [9.17, 15) is 14.7 Å².